The molecule has 1 N–H and O–H groups in total. The van der Waals surface area contributed by atoms with Crippen molar-refractivity contribution in [1.82, 2.24) is 24.7 Å². The maximum absolute atomic E-state index is 12.3. The van der Waals surface area contributed by atoms with Crippen molar-refractivity contribution in [1.29, 1.82) is 0 Å². The highest BCUT2D eigenvalue weighted by Crippen LogP contribution is 2.17. The summed E-state index contributed by atoms with van der Waals surface area (Å²) in [6.45, 7) is 3.08. The van der Waals surface area contributed by atoms with Gasteiger partial charge >= 0.3 is 0 Å². The monoisotopic (exact) mass is 312 g/mol. The maximum atomic E-state index is 12.3. The van der Waals surface area contributed by atoms with Crippen LogP contribution in [0.1, 0.15) is 22.7 Å². The molecule has 1 saturated heterocycles. The van der Waals surface area contributed by atoms with Crippen LogP contribution in [-0.4, -0.2) is 49.7 Å². The first kappa shape index (κ1) is 13.7. The maximum Gasteiger partial charge on any atom is 0.276 e. The van der Waals surface area contributed by atoms with Gasteiger partial charge in [-0.05, 0) is 25.5 Å². The van der Waals surface area contributed by atoms with E-state index in [4.69, 9.17) is 4.52 Å². The highest BCUT2D eigenvalue weighted by Gasteiger charge is 2.28. The lowest BCUT2D eigenvalue weighted by Gasteiger charge is -2.16. The molecule has 0 unspecified atom stereocenters. The Morgan fingerprint density at radius 1 is 1.43 bits per heavy atom. The second-order valence-electron chi connectivity index (χ2n) is 5.65. The molecular formula is C15H16N6O2. The van der Waals surface area contributed by atoms with Crippen LogP contribution in [0.2, 0.25) is 0 Å². The van der Waals surface area contributed by atoms with Crippen LogP contribution in [0, 0.1) is 6.92 Å². The minimum Gasteiger partial charge on any atom is -0.364 e. The number of likely N-dealkylation sites (tertiary alicyclic amines) is 1. The first-order chi connectivity index (χ1) is 11.2. The van der Waals surface area contributed by atoms with Crippen molar-refractivity contribution in [3.63, 3.8) is 0 Å². The largest absolute Gasteiger partial charge is 0.364 e. The van der Waals surface area contributed by atoms with Crippen molar-refractivity contribution < 1.29 is 9.32 Å². The van der Waals surface area contributed by atoms with Gasteiger partial charge in [-0.2, -0.15) is 0 Å². The molecule has 3 aromatic rings. The van der Waals surface area contributed by atoms with E-state index < -0.39 is 0 Å². The van der Waals surface area contributed by atoms with Crippen LogP contribution in [0.4, 0.5) is 5.82 Å². The Bertz CT molecular complexity index is 854. The summed E-state index contributed by atoms with van der Waals surface area (Å²) < 4.78 is 6.69. The minimum absolute atomic E-state index is 0.0934. The van der Waals surface area contributed by atoms with E-state index in [0.717, 1.165) is 17.9 Å². The lowest BCUT2D eigenvalue weighted by atomic mass is 10.2. The van der Waals surface area contributed by atoms with Gasteiger partial charge in [-0.3, -0.25) is 4.79 Å². The third kappa shape index (κ3) is 2.63. The van der Waals surface area contributed by atoms with Crippen LogP contribution in [0.5, 0.6) is 0 Å². The number of nitrogens with zero attached hydrogens (tertiary/aromatic N) is 5. The predicted octanol–water partition coefficient (Wildman–Crippen LogP) is 1.35. The van der Waals surface area contributed by atoms with Crippen molar-refractivity contribution in [2.24, 2.45) is 0 Å². The Balaban J connectivity index is 1.42. The van der Waals surface area contributed by atoms with E-state index in [0.29, 0.717) is 24.5 Å². The van der Waals surface area contributed by atoms with Gasteiger partial charge in [-0.15, -0.1) is 5.10 Å². The van der Waals surface area contributed by atoms with Crippen LogP contribution in [0.25, 0.3) is 5.65 Å². The molecule has 1 aliphatic heterocycles. The number of amides is 1. The van der Waals surface area contributed by atoms with Gasteiger partial charge in [0.05, 0.1) is 0 Å². The average Bonchev–Trinajstić information content (AvgIpc) is 3.26. The molecule has 1 atom stereocenters. The number of hydrogen-bond acceptors (Lipinski definition) is 6. The lowest BCUT2D eigenvalue weighted by Crippen LogP contribution is -2.32. The van der Waals surface area contributed by atoms with Gasteiger partial charge in [0.2, 0.25) is 0 Å². The van der Waals surface area contributed by atoms with E-state index in [9.17, 15) is 4.79 Å². The number of rotatable bonds is 3. The van der Waals surface area contributed by atoms with Crippen molar-refractivity contribution in [2.45, 2.75) is 19.4 Å². The first-order valence-corrected chi connectivity index (χ1v) is 7.48. The number of hydrogen-bond donors (Lipinski definition) is 1. The minimum atomic E-state index is -0.0934. The molecule has 118 valence electrons. The van der Waals surface area contributed by atoms with Crippen LogP contribution < -0.4 is 5.32 Å². The van der Waals surface area contributed by atoms with Gasteiger partial charge in [0.25, 0.3) is 5.91 Å². The normalized spacial score (nSPS) is 17.8. The Morgan fingerprint density at radius 3 is 3.17 bits per heavy atom. The number of nitrogens with one attached hydrogen (secondary N) is 1. The van der Waals surface area contributed by atoms with Gasteiger partial charge in [-0.25, -0.2) is 9.50 Å². The number of carbonyl (C=O) groups is 1. The first-order valence-electron chi connectivity index (χ1n) is 7.48. The molecule has 8 nitrogen and oxygen atoms in total. The average molecular weight is 312 g/mol. The standard InChI is InChI=1S/C15H16N6O2/c1-10-8-12(19-23-10)15(22)20-6-4-11(9-20)17-13-2-3-14-16-5-7-21(14)18-13/h2-3,5,7-8,11H,4,6,9H2,1H3,(H,17,18)/t11-/m0/s1. The number of imidazole rings is 1. The van der Waals surface area contributed by atoms with Crippen molar-refractivity contribution in [3.05, 3.63) is 42.0 Å². The second kappa shape index (κ2) is 5.38. The molecular weight excluding hydrogens is 296 g/mol. The SMILES string of the molecule is Cc1cc(C(=O)N2CC[C@H](Nc3ccc4nccn4n3)C2)no1. The third-order valence-electron chi connectivity index (χ3n) is 3.93. The van der Waals surface area contributed by atoms with Crippen LogP contribution in [-0.2, 0) is 0 Å². The quantitative estimate of drug-likeness (QED) is 0.785. The summed E-state index contributed by atoms with van der Waals surface area (Å²) in [6, 6.07) is 5.64. The summed E-state index contributed by atoms with van der Waals surface area (Å²) in [5.74, 6) is 1.32. The van der Waals surface area contributed by atoms with E-state index in [1.165, 1.54) is 0 Å². The Morgan fingerprint density at radius 2 is 2.35 bits per heavy atom. The molecule has 0 radical (unpaired) electrons. The van der Waals surface area contributed by atoms with E-state index in [2.05, 4.69) is 20.6 Å². The molecule has 4 heterocycles. The molecule has 1 fully saturated rings. The highest BCUT2D eigenvalue weighted by atomic mass is 16.5. The summed E-state index contributed by atoms with van der Waals surface area (Å²) in [7, 11) is 0. The molecule has 0 bridgehead atoms. The summed E-state index contributed by atoms with van der Waals surface area (Å²) in [6.07, 6.45) is 4.38. The molecule has 0 aromatic carbocycles. The van der Waals surface area contributed by atoms with Crippen LogP contribution in [0.3, 0.4) is 0 Å². The smallest absolute Gasteiger partial charge is 0.276 e. The second-order valence-corrected chi connectivity index (χ2v) is 5.65. The summed E-state index contributed by atoms with van der Waals surface area (Å²) in [5.41, 5.74) is 1.17. The van der Waals surface area contributed by atoms with Crippen LogP contribution >= 0.6 is 0 Å². The van der Waals surface area contributed by atoms with Gasteiger partial charge in [-0.1, -0.05) is 5.16 Å². The summed E-state index contributed by atoms with van der Waals surface area (Å²) >= 11 is 0. The fourth-order valence-corrected chi connectivity index (χ4v) is 2.79. The third-order valence-corrected chi connectivity index (χ3v) is 3.93. The van der Waals surface area contributed by atoms with Crippen molar-refractivity contribution in [2.75, 3.05) is 18.4 Å². The number of aromatic nitrogens is 4. The zero-order valence-corrected chi connectivity index (χ0v) is 12.6. The number of fused-ring (bicyclic) bond motifs is 1. The number of anilines is 1. The summed E-state index contributed by atoms with van der Waals surface area (Å²) in [5, 5.41) is 11.6. The molecule has 3 aromatic heterocycles. The predicted molar refractivity (Wildman–Crippen MR) is 82.2 cm³/mol. The van der Waals surface area contributed by atoms with Crippen molar-refractivity contribution in [3.8, 4) is 0 Å². The molecule has 23 heavy (non-hydrogen) atoms. The molecule has 1 amide bonds. The molecule has 1 aliphatic rings. The van der Waals surface area contributed by atoms with E-state index in [-0.39, 0.29) is 11.9 Å². The zero-order chi connectivity index (χ0) is 15.8. The summed E-state index contributed by atoms with van der Waals surface area (Å²) in [4.78, 5) is 18.3. The van der Waals surface area contributed by atoms with Gasteiger partial charge in [0.15, 0.2) is 11.3 Å². The number of carbonyl (C=O) groups excluding carboxylic acids is 1. The Kier molecular flexibility index (Phi) is 3.22. The molecule has 8 heteroatoms. The number of aryl methyl sites for hydroxylation is 1. The van der Waals surface area contributed by atoms with Gasteiger partial charge in [0, 0.05) is 37.6 Å². The van der Waals surface area contributed by atoms with E-state index in [1.54, 1.807) is 34.8 Å². The van der Waals surface area contributed by atoms with E-state index >= 15 is 0 Å². The molecule has 0 saturated carbocycles. The Hall–Kier alpha value is -2.90. The fourth-order valence-electron chi connectivity index (χ4n) is 2.79. The van der Waals surface area contributed by atoms with E-state index in [1.807, 2.05) is 12.1 Å². The fraction of sp³-hybridized carbons (Fsp3) is 0.333. The van der Waals surface area contributed by atoms with Gasteiger partial charge in [0.1, 0.15) is 11.6 Å². The zero-order valence-electron chi connectivity index (χ0n) is 12.6. The van der Waals surface area contributed by atoms with Crippen molar-refractivity contribution >= 4 is 17.4 Å². The lowest BCUT2D eigenvalue weighted by molar-refractivity contribution is 0.0781. The topological polar surface area (TPSA) is 88.6 Å². The Labute approximate surface area is 132 Å². The highest BCUT2D eigenvalue weighted by molar-refractivity contribution is 5.92. The molecule has 0 aliphatic carbocycles. The van der Waals surface area contributed by atoms with Gasteiger partial charge < -0.3 is 14.7 Å². The van der Waals surface area contributed by atoms with Crippen LogP contribution in [0.15, 0.2) is 35.1 Å². The molecule has 4 rings (SSSR count). The molecule has 0 spiro atoms.